The summed E-state index contributed by atoms with van der Waals surface area (Å²) < 4.78 is 21.6. The van der Waals surface area contributed by atoms with Crippen molar-refractivity contribution in [3.8, 4) is 17.2 Å². The molecule has 1 aliphatic heterocycles. The van der Waals surface area contributed by atoms with Gasteiger partial charge in [0.1, 0.15) is 12.4 Å². The van der Waals surface area contributed by atoms with E-state index in [9.17, 15) is 14.9 Å². The monoisotopic (exact) mass is 432 g/mol. The van der Waals surface area contributed by atoms with E-state index >= 15 is 0 Å². The van der Waals surface area contributed by atoms with Gasteiger partial charge in [-0.05, 0) is 24.6 Å². The lowest BCUT2D eigenvalue weighted by molar-refractivity contribution is -0.385. The number of carbonyl (C=O) groups is 1. The third kappa shape index (κ3) is 5.62. The highest BCUT2D eigenvalue weighted by Gasteiger charge is 2.21. The van der Waals surface area contributed by atoms with Gasteiger partial charge in [0, 0.05) is 28.8 Å². The van der Waals surface area contributed by atoms with Crippen molar-refractivity contribution < 1.29 is 33.5 Å². The number of nitro benzene ring substituents is 1. The number of hydrogen-bond acceptors (Lipinski definition) is 8. The summed E-state index contributed by atoms with van der Waals surface area (Å²) in [6.45, 7) is 2.74. The first kappa shape index (κ1) is 22.3. The first-order chi connectivity index (χ1) is 15.0. The predicted molar refractivity (Wildman–Crippen MR) is 109 cm³/mol. The van der Waals surface area contributed by atoms with Crippen LogP contribution in [0.4, 0.5) is 5.69 Å². The Balaban J connectivity index is 1.65. The Kier molecular flexibility index (Phi) is 7.63. The Morgan fingerprint density at radius 1 is 1.26 bits per heavy atom. The summed E-state index contributed by atoms with van der Waals surface area (Å²) in [7, 11) is 1.50. The number of hydroxylamine groups is 1. The maximum atomic E-state index is 12.4. The van der Waals surface area contributed by atoms with Crippen LogP contribution in [0, 0.1) is 10.1 Å². The zero-order chi connectivity index (χ0) is 22.2. The van der Waals surface area contributed by atoms with Crippen molar-refractivity contribution in [2.75, 3.05) is 20.5 Å². The SMILES string of the molecule is CCCCOc1ccc(C(=O)NOCc2cc([N+](=O)[O-])cc3c2OCOC3)cc1OC. The minimum absolute atomic E-state index is 0.0383. The van der Waals surface area contributed by atoms with Crippen molar-refractivity contribution in [1.29, 1.82) is 0 Å². The number of rotatable bonds is 10. The largest absolute Gasteiger partial charge is 0.493 e. The molecule has 166 valence electrons. The van der Waals surface area contributed by atoms with Gasteiger partial charge in [-0.1, -0.05) is 13.3 Å². The molecule has 0 radical (unpaired) electrons. The van der Waals surface area contributed by atoms with E-state index in [1.807, 2.05) is 0 Å². The lowest BCUT2D eigenvalue weighted by atomic mass is 10.1. The van der Waals surface area contributed by atoms with Crippen molar-refractivity contribution in [2.45, 2.75) is 33.0 Å². The van der Waals surface area contributed by atoms with Crippen molar-refractivity contribution in [3.05, 3.63) is 57.1 Å². The quantitative estimate of drug-likeness (QED) is 0.344. The molecule has 1 amide bonds. The maximum Gasteiger partial charge on any atom is 0.274 e. The number of unbranched alkanes of at least 4 members (excludes halogenated alkanes) is 1. The molecule has 1 aliphatic rings. The van der Waals surface area contributed by atoms with Gasteiger partial charge in [0.15, 0.2) is 18.3 Å². The van der Waals surface area contributed by atoms with Crippen LogP contribution in [0.3, 0.4) is 0 Å². The van der Waals surface area contributed by atoms with E-state index in [4.69, 9.17) is 23.8 Å². The van der Waals surface area contributed by atoms with E-state index in [1.54, 1.807) is 18.2 Å². The van der Waals surface area contributed by atoms with Crippen molar-refractivity contribution in [2.24, 2.45) is 0 Å². The van der Waals surface area contributed by atoms with Gasteiger partial charge < -0.3 is 18.9 Å². The number of benzene rings is 2. The van der Waals surface area contributed by atoms with Crippen LogP contribution < -0.4 is 19.7 Å². The van der Waals surface area contributed by atoms with E-state index in [0.29, 0.717) is 40.5 Å². The van der Waals surface area contributed by atoms with Crippen LogP contribution >= 0.6 is 0 Å². The first-order valence-corrected chi connectivity index (χ1v) is 9.77. The highest BCUT2D eigenvalue weighted by molar-refractivity contribution is 5.94. The van der Waals surface area contributed by atoms with Crippen molar-refractivity contribution in [1.82, 2.24) is 5.48 Å². The van der Waals surface area contributed by atoms with Gasteiger partial charge in [0.2, 0.25) is 0 Å². The predicted octanol–water partition coefficient (Wildman–Crippen LogP) is 3.51. The van der Waals surface area contributed by atoms with Crippen LogP contribution in [0.2, 0.25) is 0 Å². The van der Waals surface area contributed by atoms with E-state index < -0.39 is 10.8 Å². The zero-order valence-electron chi connectivity index (χ0n) is 17.3. The molecule has 0 aliphatic carbocycles. The van der Waals surface area contributed by atoms with Crippen LogP contribution in [-0.2, 0) is 22.8 Å². The van der Waals surface area contributed by atoms with Gasteiger partial charge in [0.05, 0.1) is 25.2 Å². The molecule has 0 spiro atoms. The molecule has 0 saturated carbocycles. The Hall–Kier alpha value is -3.37. The van der Waals surface area contributed by atoms with E-state index in [0.717, 1.165) is 12.8 Å². The third-order valence-corrected chi connectivity index (χ3v) is 4.56. The van der Waals surface area contributed by atoms with Crippen molar-refractivity contribution in [3.63, 3.8) is 0 Å². The first-order valence-electron chi connectivity index (χ1n) is 9.77. The minimum Gasteiger partial charge on any atom is -0.493 e. The minimum atomic E-state index is -0.507. The summed E-state index contributed by atoms with van der Waals surface area (Å²) in [6, 6.07) is 7.55. The lowest BCUT2D eigenvalue weighted by Gasteiger charge is -2.20. The molecule has 10 nitrogen and oxygen atoms in total. The molecule has 31 heavy (non-hydrogen) atoms. The summed E-state index contributed by atoms with van der Waals surface area (Å²) in [6.07, 6.45) is 1.92. The molecule has 0 atom stereocenters. The normalized spacial score (nSPS) is 12.5. The molecule has 0 fully saturated rings. The van der Waals surface area contributed by atoms with Crippen LogP contribution in [0.25, 0.3) is 0 Å². The summed E-state index contributed by atoms with van der Waals surface area (Å²) in [4.78, 5) is 28.4. The van der Waals surface area contributed by atoms with E-state index in [-0.39, 0.29) is 25.7 Å². The average Bonchev–Trinajstić information content (AvgIpc) is 2.79. The van der Waals surface area contributed by atoms with Gasteiger partial charge >= 0.3 is 0 Å². The number of fused-ring (bicyclic) bond motifs is 1. The van der Waals surface area contributed by atoms with Gasteiger partial charge in [-0.25, -0.2) is 5.48 Å². The van der Waals surface area contributed by atoms with Crippen LogP contribution in [-0.4, -0.2) is 31.3 Å². The number of amides is 1. The Bertz CT molecular complexity index is 947. The standard InChI is InChI=1S/C21H24N2O8/c1-3-4-7-29-18-6-5-14(10-19(18)27-2)21(24)22-31-12-16-9-17(23(25)26)8-15-11-28-13-30-20(15)16/h5-6,8-10H,3-4,7,11-13H2,1-2H3,(H,22,24). The van der Waals surface area contributed by atoms with Gasteiger partial charge in [-0.3, -0.25) is 19.7 Å². The molecule has 0 unspecified atom stereocenters. The summed E-state index contributed by atoms with van der Waals surface area (Å²) in [5.41, 5.74) is 3.52. The second-order valence-electron chi connectivity index (χ2n) is 6.75. The molecule has 1 N–H and O–H groups in total. The third-order valence-electron chi connectivity index (χ3n) is 4.56. The van der Waals surface area contributed by atoms with Gasteiger partial charge in [-0.15, -0.1) is 0 Å². The van der Waals surface area contributed by atoms with Gasteiger partial charge in [0.25, 0.3) is 11.6 Å². The maximum absolute atomic E-state index is 12.4. The Morgan fingerprint density at radius 3 is 2.84 bits per heavy atom. The number of methoxy groups -OCH3 is 1. The molecule has 0 saturated heterocycles. The molecule has 2 aromatic rings. The number of nitro groups is 1. The highest BCUT2D eigenvalue weighted by Crippen LogP contribution is 2.33. The number of non-ortho nitro benzene ring substituents is 1. The fourth-order valence-electron chi connectivity index (χ4n) is 2.99. The second kappa shape index (κ2) is 10.6. The fourth-order valence-corrected chi connectivity index (χ4v) is 2.99. The number of hydrogen-bond donors (Lipinski definition) is 1. The van der Waals surface area contributed by atoms with Crippen LogP contribution in [0.1, 0.15) is 41.3 Å². The molecule has 0 bridgehead atoms. The molecule has 1 heterocycles. The highest BCUT2D eigenvalue weighted by atomic mass is 16.7. The van der Waals surface area contributed by atoms with Crippen LogP contribution in [0.15, 0.2) is 30.3 Å². The van der Waals surface area contributed by atoms with Crippen LogP contribution in [0.5, 0.6) is 17.2 Å². The molecule has 0 aromatic heterocycles. The Morgan fingerprint density at radius 2 is 2.10 bits per heavy atom. The molecular weight excluding hydrogens is 408 g/mol. The molecule has 2 aromatic carbocycles. The zero-order valence-corrected chi connectivity index (χ0v) is 17.3. The fraction of sp³-hybridized carbons (Fsp3) is 0.381. The summed E-state index contributed by atoms with van der Waals surface area (Å²) in [5.74, 6) is 0.948. The van der Waals surface area contributed by atoms with E-state index in [2.05, 4.69) is 12.4 Å². The van der Waals surface area contributed by atoms with Gasteiger partial charge in [-0.2, -0.15) is 0 Å². The second-order valence-corrected chi connectivity index (χ2v) is 6.75. The lowest BCUT2D eigenvalue weighted by Crippen LogP contribution is -2.24. The summed E-state index contributed by atoms with van der Waals surface area (Å²) in [5, 5.41) is 11.2. The van der Waals surface area contributed by atoms with E-state index in [1.165, 1.54) is 19.2 Å². The Labute approximate surface area is 179 Å². The summed E-state index contributed by atoms with van der Waals surface area (Å²) >= 11 is 0. The number of nitrogens with zero attached hydrogens (tertiary/aromatic N) is 1. The number of ether oxygens (including phenoxy) is 4. The molecule has 3 rings (SSSR count). The number of carbonyl (C=O) groups excluding carboxylic acids is 1. The number of nitrogens with one attached hydrogen (secondary N) is 1. The topological polar surface area (TPSA) is 118 Å². The smallest absolute Gasteiger partial charge is 0.274 e. The van der Waals surface area contributed by atoms with Crippen molar-refractivity contribution >= 4 is 11.6 Å². The molecular formula is C21H24N2O8. The molecule has 10 heteroatoms. The average molecular weight is 432 g/mol.